The zero-order valence-electron chi connectivity index (χ0n) is 15.9. The molecule has 5 nitrogen and oxygen atoms in total. The van der Waals surface area contributed by atoms with Crippen LogP contribution in [0.1, 0.15) is 31.0 Å². The molecule has 2 aromatic carbocycles. The maximum Gasteiger partial charge on any atom is 0.270 e. The fraction of sp³-hybridized carbons (Fsp3) is 0.273. The fourth-order valence-corrected chi connectivity index (χ4v) is 5.13. The number of para-hydroxylation sites is 1. The summed E-state index contributed by atoms with van der Waals surface area (Å²) in [6, 6.07) is 15.5. The van der Waals surface area contributed by atoms with Crippen molar-refractivity contribution in [1.82, 2.24) is 4.57 Å². The lowest BCUT2D eigenvalue weighted by Gasteiger charge is -2.45. The van der Waals surface area contributed by atoms with Crippen LogP contribution in [0.2, 0.25) is 0 Å². The summed E-state index contributed by atoms with van der Waals surface area (Å²) in [7, 11) is 1.64. The molecule has 2 aliphatic heterocycles. The van der Waals surface area contributed by atoms with Crippen molar-refractivity contribution >= 4 is 17.4 Å². The topological polar surface area (TPSA) is 52.8 Å². The Hall–Kier alpha value is -2.86. The zero-order chi connectivity index (χ0) is 19.5. The van der Waals surface area contributed by atoms with Gasteiger partial charge in [0.15, 0.2) is 4.80 Å². The van der Waals surface area contributed by atoms with Crippen LogP contribution < -0.4 is 24.4 Å². The fourth-order valence-electron chi connectivity index (χ4n) is 4.03. The molecule has 0 amide bonds. The molecular weight excluding hydrogens is 372 g/mol. The number of nitrogens with zero attached hydrogens (tertiary/aromatic N) is 2. The summed E-state index contributed by atoms with van der Waals surface area (Å²) in [5, 5.41) is 0. The van der Waals surface area contributed by atoms with E-state index >= 15 is 0 Å². The van der Waals surface area contributed by atoms with Gasteiger partial charge in [-0.2, -0.15) is 0 Å². The van der Waals surface area contributed by atoms with Crippen molar-refractivity contribution in [2.45, 2.75) is 25.6 Å². The van der Waals surface area contributed by atoms with Crippen molar-refractivity contribution < 1.29 is 9.47 Å². The molecule has 28 heavy (non-hydrogen) atoms. The molecule has 2 aliphatic rings. The van der Waals surface area contributed by atoms with Gasteiger partial charge in [0.05, 0.1) is 17.7 Å². The first-order valence-electron chi connectivity index (χ1n) is 9.25. The maximum absolute atomic E-state index is 13.3. The van der Waals surface area contributed by atoms with Crippen LogP contribution in [0.15, 0.2) is 58.3 Å². The minimum absolute atomic E-state index is 0.00447. The van der Waals surface area contributed by atoms with Crippen LogP contribution >= 0.6 is 11.3 Å². The summed E-state index contributed by atoms with van der Waals surface area (Å²) in [5.41, 5.74) is 1.32. The molecule has 0 aliphatic carbocycles. The number of thiazole rings is 1. The molecule has 3 atom stereocenters. The Labute approximate surface area is 166 Å². The quantitative estimate of drug-likeness (QED) is 0.674. The molecule has 0 N–H and O–H groups in total. The molecule has 3 aromatic rings. The molecule has 142 valence electrons. The third-order valence-electron chi connectivity index (χ3n) is 5.72. The highest BCUT2D eigenvalue weighted by atomic mass is 32.1. The largest absolute Gasteiger partial charge is 0.497 e. The van der Waals surface area contributed by atoms with Gasteiger partial charge in [0.2, 0.25) is 5.72 Å². The molecule has 0 saturated carbocycles. The highest BCUT2D eigenvalue weighted by Crippen LogP contribution is 2.46. The van der Waals surface area contributed by atoms with Crippen molar-refractivity contribution in [3.05, 3.63) is 79.3 Å². The maximum atomic E-state index is 13.3. The predicted octanol–water partition coefficient (Wildman–Crippen LogP) is 2.71. The van der Waals surface area contributed by atoms with E-state index in [1.807, 2.05) is 66.1 Å². The van der Waals surface area contributed by atoms with Gasteiger partial charge in [0.1, 0.15) is 11.5 Å². The first-order chi connectivity index (χ1) is 13.5. The second-order valence-electron chi connectivity index (χ2n) is 7.38. The van der Waals surface area contributed by atoms with Gasteiger partial charge in [0, 0.05) is 11.5 Å². The zero-order valence-corrected chi connectivity index (χ0v) is 16.7. The molecule has 3 heterocycles. The lowest BCUT2D eigenvalue weighted by Crippen LogP contribution is -2.54. The Kier molecular flexibility index (Phi) is 3.74. The normalized spacial score (nSPS) is 25.3. The number of hydrogen-bond acceptors (Lipinski definition) is 5. The standard InChI is InChI=1S/C22H20N2O3S/c1-13-19-16-6-4-5-7-17(16)27-22(13,2)23-21-24(19)20(25)18(28-21)12-14-8-10-15(26-3)11-9-14/h4-13,19H,1-3H3/b18-12-. The second-order valence-corrected chi connectivity index (χ2v) is 8.39. The van der Waals surface area contributed by atoms with Gasteiger partial charge >= 0.3 is 0 Å². The van der Waals surface area contributed by atoms with E-state index in [1.165, 1.54) is 11.3 Å². The lowest BCUT2D eigenvalue weighted by molar-refractivity contribution is -0.0121. The monoisotopic (exact) mass is 392 g/mol. The van der Waals surface area contributed by atoms with Crippen molar-refractivity contribution in [3.8, 4) is 11.5 Å². The van der Waals surface area contributed by atoms with E-state index < -0.39 is 5.72 Å². The van der Waals surface area contributed by atoms with Gasteiger partial charge in [-0.1, -0.05) is 48.6 Å². The van der Waals surface area contributed by atoms with E-state index in [0.717, 1.165) is 22.6 Å². The Morgan fingerprint density at radius 1 is 1.21 bits per heavy atom. The van der Waals surface area contributed by atoms with Crippen LogP contribution in [0.25, 0.3) is 6.08 Å². The number of hydrogen-bond donors (Lipinski definition) is 0. The number of aromatic nitrogens is 1. The van der Waals surface area contributed by atoms with Crippen LogP contribution in [0.4, 0.5) is 0 Å². The van der Waals surface area contributed by atoms with Gasteiger partial charge in [-0.15, -0.1) is 0 Å². The average molecular weight is 392 g/mol. The van der Waals surface area contributed by atoms with Gasteiger partial charge in [-0.25, -0.2) is 4.99 Å². The smallest absolute Gasteiger partial charge is 0.270 e. The Bertz CT molecular complexity index is 1240. The number of rotatable bonds is 2. The summed E-state index contributed by atoms with van der Waals surface area (Å²) < 4.78 is 14.0. The minimum atomic E-state index is -0.673. The van der Waals surface area contributed by atoms with Crippen molar-refractivity contribution in [2.75, 3.05) is 7.11 Å². The number of benzene rings is 2. The van der Waals surface area contributed by atoms with Crippen LogP contribution in [0.3, 0.4) is 0 Å². The van der Waals surface area contributed by atoms with E-state index in [1.54, 1.807) is 7.11 Å². The Balaban J connectivity index is 1.73. The highest BCUT2D eigenvalue weighted by Gasteiger charge is 2.48. The third-order valence-corrected chi connectivity index (χ3v) is 6.70. The van der Waals surface area contributed by atoms with E-state index in [-0.39, 0.29) is 17.5 Å². The van der Waals surface area contributed by atoms with E-state index in [0.29, 0.717) is 9.33 Å². The van der Waals surface area contributed by atoms with Gasteiger partial charge in [-0.05, 0) is 36.8 Å². The molecular formula is C22H20N2O3S. The first kappa shape index (κ1) is 17.3. The molecule has 1 aromatic heterocycles. The van der Waals surface area contributed by atoms with Crippen LogP contribution in [0, 0.1) is 5.92 Å². The van der Waals surface area contributed by atoms with Gasteiger partial charge in [0.25, 0.3) is 5.56 Å². The molecule has 0 fully saturated rings. The third kappa shape index (κ3) is 2.44. The summed E-state index contributed by atoms with van der Waals surface area (Å²) in [4.78, 5) is 18.9. The lowest BCUT2D eigenvalue weighted by atomic mass is 9.83. The molecule has 0 saturated heterocycles. The molecule has 0 radical (unpaired) electrons. The predicted molar refractivity (Wildman–Crippen MR) is 109 cm³/mol. The SMILES string of the molecule is COc1ccc(/C=c2\sc3n(c2=O)C2c4ccccc4OC(C)(N=3)C2C)cc1. The van der Waals surface area contributed by atoms with Crippen molar-refractivity contribution in [2.24, 2.45) is 10.9 Å². The van der Waals surface area contributed by atoms with Crippen LogP contribution in [0.5, 0.6) is 11.5 Å². The summed E-state index contributed by atoms with van der Waals surface area (Å²) in [6.45, 7) is 4.10. The molecule has 3 unspecified atom stereocenters. The van der Waals surface area contributed by atoms with E-state index in [4.69, 9.17) is 14.5 Å². The van der Waals surface area contributed by atoms with E-state index in [9.17, 15) is 4.79 Å². The molecule has 5 rings (SSSR count). The molecule has 6 heteroatoms. The highest BCUT2D eigenvalue weighted by molar-refractivity contribution is 7.07. The van der Waals surface area contributed by atoms with Crippen molar-refractivity contribution in [1.29, 1.82) is 0 Å². The number of methoxy groups -OCH3 is 1. The number of ether oxygens (including phenoxy) is 2. The number of fused-ring (bicyclic) bond motifs is 6. The van der Waals surface area contributed by atoms with Gasteiger partial charge in [-0.3, -0.25) is 9.36 Å². The van der Waals surface area contributed by atoms with Crippen LogP contribution in [-0.2, 0) is 0 Å². The summed E-state index contributed by atoms with van der Waals surface area (Å²) in [5.74, 6) is 1.65. The summed E-state index contributed by atoms with van der Waals surface area (Å²) in [6.07, 6.45) is 1.91. The van der Waals surface area contributed by atoms with Gasteiger partial charge < -0.3 is 9.47 Å². The Morgan fingerprint density at radius 2 is 1.96 bits per heavy atom. The first-order valence-corrected chi connectivity index (χ1v) is 10.1. The minimum Gasteiger partial charge on any atom is -0.497 e. The molecule has 0 spiro atoms. The second kappa shape index (κ2) is 6.07. The van der Waals surface area contributed by atoms with Crippen LogP contribution in [-0.4, -0.2) is 17.4 Å². The summed E-state index contributed by atoms with van der Waals surface area (Å²) >= 11 is 1.42. The molecule has 2 bridgehead atoms. The Morgan fingerprint density at radius 3 is 2.71 bits per heavy atom. The average Bonchev–Trinajstić information content (AvgIpc) is 2.97. The van der Waals surface area contributed by atoms with E-state index in [2.05, 4.69) is 6.92 Å². The van der Waals surface area contributed by atoms with Crippen molar-refractivity contribution in [3.63, 3.8) is 0 Å².